The quantitative estimate of drug-likeness (QED) is 0.144. The summed E-state index contributed by atoms with van der Waals surface area (Å²) in [5, 5.41) is 17.9. The molecule has 0 bridgehead atoms. The molecule has 0 saturated heterocycles. The lowest BCUT2D eigenvalue weighted by Gasteiger charge is -2.24. The van der Waals surface area contributed by atoms with Crippen LogP contribution < -0.4 is 10.6 Å². The molecule has 3 aliphatic rings. The molecule has 12 nitrogen and oxygen atoms in total. The van der Waals surface area contributed by atoms with E-state index in [-0.39, 0.29) is 11.6 Å². The lowest BCUT2D eigenvalue weighted by molar-refractivity contribution is 0.102. The van der Waals surface area contributed by atoms with Gasteiger partial charge in [-0.25, -0.2) is 19.9 Å². The Morgan fingerprint density at radius 1 is 0.621 bits per heavy atom. The molecular weight excluding hydrogens is 725 g/mol. The molecule has 2 saturated carbocycles. The normalized spacial score (nSPS) is 15.6. The number of aromatic nitrogens is 8. The molecule has 0 amide bonds. The number of carbonyl (C=O) groups excluding carboxylic acids is 2. The van der Waals surface area contributed by atoms with Crippen LogP contribution in [0, 0.1) is 0 Å². The molecular formula is C46H48N10O2. The van der Waals surface area contributed by atoms with Gasteiger partial charge in [-0.15, -0.1) is 0 Å². The van der Waals surface area contributed by atoms with Crippen molar-refractivity contribution in [3.63, 3.8) is 0 Å². The summed E-state index contributed by atoms with van der Waals surface area (Å²) in [5.74, 6) is 1.22. The van der Waals surface area contributed by atoms with Gasteiger partial charge in [-0.05, 0) is 50.2 Å². The number of rotatable bonds is 8. The summed E-state index contributed by atoms with van der Waals surface area (Å²) in [6, 6.07) is 23.4. The number of anilines is 2. The van der Waals surface area contributed by atoms with Gasteiger partial charge < -0.3 is 10.6 Å². The topological polar surface area (TPSA) is 145 Å². The second-order valence-electron chi connectivity index (χ2n) is 15.8. The van der Waals surface area contributed by atoms with E-state index in [0.29, 0.717) is 46.5 Å². The molecule has 0 atom stereocenters. The summed E-state index contributed by atoms with van der Waals surface area (Å²) in [5.41, 5.74) is 7.94. The zero-order valence-electron chi connectivity index (χ0n) is 33.1. The number of hydrogen-bond acceptors (Lipinski definition) is 10. The van der Waals surface area contributed by atoms with Gasteiger partial charge in [0.25, 0.3) is 0 Å². The summed E-state index contributed by atoms with van der Waals surface area (Å²) in [6.45, 7) is 0. The van der Waals surface area contributed by atoms with Gasteiger partial charge in [0.1, 0.15) is 16.9 Å². The summed E-state index contributed by atoms with van der Waals surface area (Å²) in [4.78, 5) is 44.8. The van der Waals surface area contributed by atoms with Crippen LogP contribution in [0.4, 0.5) is 11.9 Å². The first-order chi connectivity index (χ1) is 28.4. The van der Waals surface area contributed by atoms with Crippen molar-refractivity contribution in [3.05, 3.63) is 119 Å². The van der Waals surface area contributed by atoms with E-state index >= 15 is 0 Å². The van der Waals surface area contributed by atoms with Crippen molar-refractivity contribution in [3.8, 4) is 11.4 Å². The highest BCUT2D eigenvalue weighted by molar-refractivity contribution is 6.18. The van der Waals surface area contributed by atoms with Crippen molar-refractivity contribution in [1.82, 2.24) is 39.5 Å². The number of aryl methyl sites for hydroxylation is 3. The van der Waals surface area contributed by atoms with Crippen molar-refractivity contribution in [1.29, 1.82) is 0 Å². The van der Waals surface area contributed by atoms with Gasteiger partial charge in [-0.2, -0.15) is 10.2 Å². The first kappa shape index (κ1) is 37.3. The fraction of sp³-hybridized carbons (Fsp3) is 0.348. The Balaban J connectivity index is 0.000000150. The first-order valence-electron chi connectivity index (χ1n) is 20.7. The van der Waals surface area contributed by atoms with Crippen LogP contribution in [0.15, 0.2) is 85.2 Å². The Bertz CT molecular complexity index is 2600. The number of fused-ring (bicyclic) bond motifs is 6. The van der Waals surface area contributed by atoms with Crippen molar-refractivity contribution >= 4 is 45.3 Å². The Morgan fingerprint density at radius 3 is 1.83 bits per heavy atom. The van der Waals surface area contributed by atoms with Crippen molar-refractivity contribution in [2.24, 2.45) is 14.1 Å². The number of carbonyl (C=O) groups is 2. The molecule has 0 unspecified atom stereocenters. The van der Waals surface area contributed by atoms with Gasteiger partial charge in [0.05, 0.1) is 16.9 Å². The van der Waals surface area contributed by atoms with Crippen LogP contribution in [0.25, 0.3) is 33.2 Å². The summed E-state index contributed by atoms with van der Waals surface area (Å²) >= 11 is 0. The predicted octanol–water partition coefficient (Wildman–Crippen LogP) is 8.44. The fourth-order valence-corrected chi connectivity index (χ4v) is 8.81. The smallest absolute Gasteiger partial charge is 0.223 e. The van der Waals surface area contributed by atoms with Gasteiger partial charge in [0, 0.05) is 66.0 Å². The van der Waals surface area contributed by atoms with E-state index in [0.717, 1.165) is 70.0 Å². The molecule has 4 heterocycles. The molecule has 0 spiro atoms. The molecule has 3 aliphatic carbocycles. The maximum Gasteiger partial charge on any atom is 0.223 e. The molecule has 3 aromatic carbocycles. The maximum atomic E-state index is 13.1. The first-order valence-corrected chi connectivity index (χ1v) is 20.7. The summed E-state index contributed by atoms with van der Waals surface area (Å²) < 4.78 is 3.56. The van der Waals surface area contributed by atoms with Gasteiger partial charge >= 0.3 is 0 Å². The van der Waals surface area contributed by atoms with Crippen LogP contribution in [0.3, 0.4) is 0 Å². The SMILES string of the molecule is Cn1nc(C(=O)c2ccccc2)c2c1-c1nc(NC3CCCCC3)ncc1CC2.Cn1nc(C(=O)c2ccccc2)c2ccc3cnc(NC4CCCCC4)nc3c21. The lowest BCUT2D eigenvalue weighted by atomic mass is 9.91. The molecule has 10 rings (SSSR count). The molecule has 0 aliphatic heterocycles. The highest BCUT2D eigenvalue weighted by Crippen LogP contribution is 2.35. The monoisotopic (exact) mass is 772 g/mol. The Labute approximate surface area is 337 Å². The number of ketones is 2. The number of nitrogens with one attached hydrogen (secondary N) is 2. The second-order valence-corrected chi connectivity index (χ2v) is 15.8. The minimum atomic E-state index is -0.0786. The summed E-state index contributed by atoms with van der Waals surface area (Å²) in [7, 11) is 3.76. The van der Waals surface area contributed by atoms with E-state index in [9.17, 15) is 9.59 Å². The molecule has 294 valence electrons. The van der Waals surface area contributed by atoms with Crippen molar-refractivity contribution < 1.29 is 9.59 Å². The van der Waals surface area contributed by atoms with Crippen LogP contribution in [0.5, 0.6) is 0 Å². The average Bonchev–Trinajstić information content (AvgIpc) is 3.81. The molecule has 4 aromatic heterocycles. The van der Waals surface area contributed by atoms with Crippen LogP contribution in [0.2, 0.25) is 0 Å². The van der Waals surface area contributed by atoms with E-state index in [2.05, 4.69) is 30.8 Å². The third kappa shape index (κ3) is 7.46. The van der Waals surface area contributed by atoms with E-state index in [1.165, 1.54) is 51.4 Å². The lowest BCUT2D eigenvalue weighted by Crippen LogP contribution is -2.24. The van der Waals surface area contributed by atoms with E-state index in [1.807, 2.05) is 99.3 Å². The van der Waals surface area contributed by atoms with Gasteiger partial charge in [-0.1, -0.05) is 105 Å². The standard InChI is InChI=1S/C23H25N5O.C23H23N5O/c2*1-28-21-18(20(27-28)22(29)15-8-4-2-5-9-15)13-12-16-14-24-23(26-19(16)21)25-17-10-6-3-7-11-17/h2,4-5,8-9,14,17H,3,6-7,10-13H2,1H3,(H,24,25,26);2,4-5,8-9,12-14,17H,3,6-7,10-11H2,1H3,(H,24,25,26). The predicted molar refractivity (Wildman–Crippen MR) is 226 cm³/mol. The summed E-state index contributed by atoms with van der Waals surface area (Å²) in [6.07, 6.45) is 17.7. The number of benzene rings is 3. The maximum absolute atomic E-state index is 13.1. The highest BCUT2D eigenvalue weighted by Gasteiger charge is 2.30. The Kier molecular flexibility index (Phi) is 10.5. The van der Waals surface area contributed by atoms with Gasteiger partial charge in [0.15, 0.2) is 0 Å². The molecule has 12 heteroatoms. The van der Waals surface area contributed by atoms with Gasteiger partial charge in [0.2, 0.25) is 23.5 Å². The third-order valence-corrected chi connectivity index (χ3v) is 11.8. The van der Waals surface area contributed by atoms with Crippen LogP contribution in [-0.2, 0) is 26.9 Å². The largest absolute Gasteiger partial charge is 0.351 e. The number of nitrogens with zero attached hydrogens (tertiary/aromatic N) is 8. The van der Waals surface area contributed by atoms with Crippen LogP contribution in [0.1, 0.15) is 107 Å². The minimum Gasteiger partial charge on any atom is -0.351 e. The molecule has 58 heavy (non-hydrogen) atoms. The van der Waals surface area contributed by atoms with Crippen molar-refractivity contribution in [2.75, 3.05) is 10.6 Å². The van der Waals surface area contributed by atoms with Gasteiger partial charge in [-0.3, -0.25) is 19.0 Å². The van der Waals surface area contributed by atoms with E-state index in [4.69, 9.17) is 9.97 Å². The average molecular weight is 773 g/mol. The molecule has 2 N–H and O–H groups in total. The van der Waals surface area contributed by atoms with Crippen LogP contribution in [-0.4, -0.2) is 63.1 Å². The third-order valence-electron chi connectivity index (χ3n) is 11.8. The zero-order chi connectivity index (χ0) is 39.6. The highest BCUT2D eigenvalue weighted by atomic mass is 16.1. The Hall–Kier alpha value is -6.30. The molecule has 0 radical (unpaired) electrons. The number of hydrogen-bond donors (Lipinski definition) is 2. The fourth-order valence-electron chi connectivity index (χ4n) is 8.81. The zero-order valence-corrected chi connectivity index (χ0v) is 33.1. The minimum absolute atomic E-state index is 0.0273. The van der Waals surface area contributed by atoms with Crippen LogP contribution >= 0.6 is 0 Å². The molecule has 2 fully saturated rings. The van der Waals surface area contributed by atoms with E-state index in [1.54, 1.807) is 9.36 Å². The van der Waals surface area contributed by atoms with Crippen molar-refractivity contribution in [2.45, 2.75) is 89.1 Å². The van der Waals surface area contributed by atoms with E-state index < -0.39 is 0 Å². The second kappa shape index (κ2) is 16.3. The Morgan fingerprint density at radius 2 is 1.19 bits per heavy atom. The molecule has 7 aromatic rings.